The zero-order valence-corrected chi connectivity index (χ0v) is 12.2. The third kappa shape index (κ3) is 2.93. The smallest absolute Gasteiger partial charge is 0.248 e. The second kappa shape index (κ2) is 5.93. The van der Waals surface area contributed by atoms with Crippen LogP contribution >= 0.6 is 0 Å². The third-order valence-electron chi connectivity index (χ3n) is 4.84. The maximum Gasteiger partial charge on any atom is 0.248 e. The highest BCUT2D eigenvalue weighted by atomic mass is 16.2. The van der Waals surface area contributed by atoms with Crippen LogP contribution in [0.2, 0.25) is 0 Å². The minimum Gasteiger partial charge on any atom is -0.342 e. The molecule has 1 N–H and O–H groups in total. The van der Waals surface area contributed by atoms with Crippen LogP contribution in [0.3, 0.4) is 0 Å². The van der Waals surface area contributed by atoms with E-state index in [4.69, 9.17) is 0 Å². The number of rotatable bonds is 4. The van der Waals surface area contributed by atoms with Crippen molar-refractivity contribution in [1.29, 1.82) is 0 Å². The van der Waals surface area contributed by atoms with Crippen LogP contribution in [0.4, 0.5) is 0 Å². The number of amides is 2. The lowest BCUT2D eigenvalue weighted by atomic mass is 9.91. The van der Waals surface area contributed by atoms with Crippen molar-refractivity contribution in [3.8, 4) is 0 Å². The van der Waals surface area contributed by atoms with E-state index in [1.165, 1.54) is 25.7 Å². The summed E-state index contributed by atoms with van der Waals surface area (Å²) < 4.78 is 0. The summed E-state index contributed by atoms with van der Waals surface area (Å²) in [4.78, 5) is 26.6. The Morgan fingerprint density at radius 1 is 1.21 bits per heavy atom. The number of nitrogens with one attached hydrogen (secondary N) is 1. The van der Waals surface area contributed by atoms with Crippen molar-refractivity contribution in [2.24, 2.45) is 5.92 Å². The van der Waals surface area contributed by atoms with Crippen molar-refractivity contribution >= 4 is 11.8 Å². The molecular formula is C15H26N2O2. The lowest BCUT2D eigenvalue weighted by Crippen LogP contribution is -2.56. The van der Waals surface area contributed by atoms with E-state index in [2.05, 4.69) is 5.32 Å². The topological polar surface area (TPSA) is 49.4 Å². The van der Waals surface area contributed by atoms with Crippen LogP contribution in [0, 0.1) is 5.92 Å². The van der Waals surface area contributed by atoms with Crippen LogP contribution in [0.1, 0.15) is 58.8 Å². The van der Waals surface area contributed by atoms with Gasteiger partial charge in [-0.05, 0) is 31.6 Å². The fourth-order valence-corrected chi connectivity index (χ4v) is 3.43. The molecule has 1 saturated carbocycles. The Hall–Kier alpha value is -1.06. The summed E-state index contributed by atoms with van der Waals surface area (Å²) in [5.74, 6) is 0.796. The monoisotopic (exact) mass is 266 g/mol. The SMILES string of the molecule is CCC1(CC)NC(=O)CCN(CC2CCCC2)C1=O. The minimum absolute atomic E-state index is 0.0194. The van der Waals surface area contributed by atoms with E-state index in [0.29, 0.717) is 31.7 Å². The molecule has 4 heteroatoms. The first kappa shape index (κ1) is 14.4. The Kier molecular flexibility index (Phi) is 4.48. The van der Waals surface area contributed by atoms with E-state index >= 15 is 0 Å². The van der Waals surface area contributed by atoms with E-state index in [1.807, 2.05) is 18.7 Å². The maximum absolute atomic E-state index is 12.8. The summed E-state index contributed by atoms with van der Waals surface area (Å²) in [6, 6.07) is 0. The first-order chi connectivity index (χ1) is 9.11. The highest BCUT2D eigenvalue weighted by Crippen LogP contribution is 2.28. The van der Waals surface area contributed by atoms with Gasteiger partial charge in [0.15, 0.2) is 0 Å². The lowest BCUT2D eigenvalue weighted by molar-refractivity contribution is -0.139. The summed E-state index contributed by atoms with van der Waals surface area (Å²) in [6.45, 7) is 5.40. The number of nitrogens with zero attached hydrogens (tertiary/aromatic N) is 1. The van der Waals surface area contributed by atoms with Gasteiger partial charge in [0.2, 0.25) is 11.8 Å². The molecule has 2 amide bonds. The second-order valence-corrected chi connectivity index (χ2v) is 5.99. The Morgan fingerprint density at radius 2 is 1.84 bits per heavy atom. The Balaban J connectivity index is 2.13. The van der Waals surface area contributed by atoms with Crippen molar-refractivity contribution in [1.82, 2.24) is 10.2 Å². The number of carbonyl (C=O) groups excluding carboxylic acids is 2. The van der Waals surface area contributed by atoms with Crippen LogP contribution in [0.15, 0.2) is 0 Å². The largest absolute Gasteiger partial charge is 0.342 e. The standard InChI is InChI=1S/C15H26N2O2/c1-3-15(4-2)14(19)17(10-9-13(18)16-15)11-12-7-5-6-8-12/h12H,3-11H2,1-2H3,(H,16,18). The van der Waals surface area contributed by atoms with E-state index in [0.717, 1.165) is 6.54 Å². The van der Waals surface area contributed by atoms with Crippen molar-refractivity contribution in [3.05, 3.63) is 0 Å². The molecule has 1 heterocycles. The molecule has 2 rings (SSSR count). The fraction of sp³-hybridized carbons (Fsp3) is 0.867. The van der Waals surface area contributed by atoms with Gasteiger partial charge >= 0.3 is 0 Å². The Labute approximate surface area is 115 Å². The second-order valence-electron chi connectivity index (χ2n) is 5.99. The molecule has 0 aromatic heterocycles. The molecule has 0 unspecified atom stereocenters. The molecule has 108 valence electrons. The van der Waals surface area contributed by atoms with Gasteiger partial charge in [-0.2, -0.15) is 0 Å². The Bertz CT molecular complexity index is 344. The van der Waals surface area contributed by atoms with Gasteiger partial charge in [0.05, 0.1) is 0 Å². The van der Waals surface area contributed by atoms with Gasteiger partial charge < -0.3 is 10.2 Å². The van der Waals surface area contributed by atoms with Crippen LogP contribution in [-0.2, 0) is 9.59 Å². The molecular weight excluding hydrogens is 240 g/mol. The Morgan fingerprint density at radius 3 is 2.42 bits per heavy atom. The van der Waals surface area contributed by atoms with Gasteiger partial charge in [0.25, 0.3) is 0 Å². The highest BCUT2D eigenvalue weighted by Gasteiger charge is 2.42. The lowest BCUT2D eigenvalue weighted by Gasteiger charge is -2.34. The molecule has 0 atom stereocenters. The van der Waals surface area contributed by atoms with Gasteiger partial charge in [0, 0.05) is 19.5 Å². The normalized spacial score (nSPS) is 24.4. The summed E-state index contributed by atoms with van der Waals surface area (Å²) in [7, 11) is 0. The molecule has 0 aromatic carbocycles. The van der Waals surface area contributed by atoms with E-state index in [-0.39, 0.29) is 11.8 Å². The van der Waals surface area contributed by atoms with E-state index < -0.39 is 5.54 Å². The van der Waals surface area contributed by atoms with Crippen molar-refractivity contribution in [2.75, 3.05) is 13.1 Å². The van der Waals surface area contributed by atoms with Crippen molar-refractivity contribution in [2.45, 2.75) is 64.3 Å². The van der Waals surface area contributed by atoms with Crippen LogP contribution in [-0.4, -0.2) is 35.3 Å². The van der Waals surface area contributed by atoms with E-state index in [1.54, 1.807) is 0 Å². The van der Waals surface area contributed by atoms with Crippen molar-refractivity contribution < 1.29 is 9.59 Å². The first-order valence-corrected chi connectivity index (χ1v) is 7.71. The molecule has 2 fully saturated rings. The summed E-state index contributed by atoms with van der Waals surface area (Å²) >= 11 is 0. The molecule has 0 bridgehead atoms. The number of hydrogen-bond donors (Lipinski definition) is 1. The zero-order chi connectivity index (χ0) is 13.9. The third-order valence-corrected chi connectivity index (χ3v) is 4.84. The van der Waals surface area contributed by atoms with Gasteiger partial charge in [0.1, 0.15) is 5.54 Å². The molecule has 19 heavy (non-hydrogen) atoms. The molecule has 1 saturated heterocycles. The van der Waals surface area contributed by atoms with Crippen LogP contribution in [0.25, 0.3) is 0 Å². The van der Waals surface area contributed by atoms with Crippen LogP contribution in [0.5, 0.6) is 0 Å². The minimum atomic E-state index is -0.661. The van der Waals surface area contributed by atoms with Gasteiger partial charge in [-0.15, -0.1) is 0 Å². The average Bonchev–Trinajstić information content (AvgIpc) is 2.89. The molecule has 2 aliphatic rings. The predicted octanol–water partition coefficient (Wildman–Crippen LogP) is 2.08. The highest BCUT2D eigenvalue weighted by molar-refractivity contribution is 5.93. The van der Waals surface area contributed by atoms with Crippen LogP contribution < -0.4 is 5.32 Å². The zero-order valence-electron chi connectivity index (χ0n) is 12.2. The van der Waals surface area contributed by atoms with Gasteiger partial charge in [-0.25, -0.2) is 0 Å². The molecule has 1 aliphatic heterocycles. The molecule has 1 aliphatic carbocycles. The predicted molar refractivity (Wildman–Crippen MR) is 74.6 cm³/mol. The van der Waals surface area contributed by atoms with Crippen molar-refractivity contribution in [3.63, 3.8) is 0 Å². The number of carbonyl (C=O) groups is 2. The molecule has 4 nitrogen and oxygen atoms in total. The van der Waals surface area contributed by atoms with Gasteiger partial charge in [-0.3, -0.25) is 9.59 Å². The molecule has 0 aromatic rings. The number of hydrogen-bond acceptors (Lipinski definition) is 2. The molecule has 0 spiro atoms. The fourth-order valence-electron chi connectivity index (χ4n) is 3.43. The van der Waals surface area contributed by atoms with Gasteiger partial charge in [-0.1, -0.05) is 26.7 Å². The average molecular weight is 266 g/mol. The summed E-state index contributed by atoms with van der Waals surface area (Å²) in [5.41, 5.74) is -0.661. The summed E-state index contributed by atoms with van der Waals surface area (Å²) in [6.07, 6.45) is 6.84. The quantitative estimate of drug-likeness (QED) is 0.847. The first-order valence-electron chi connectivity index (χ1n) is 7.71. The molecule has 0 radical (unpaired) electrons. The van der Waals surface area contributed by atoms with E-state index in [9.17, 15) is 9.59 Å². The maximum atomic E-state index is 12.8. The summed E-state index contributed by atoms with van der Waals surface area (Å²) in [5, 5.41) is 2.97.